The van der Waals surface area contributed by atoms with Gasteiger partial charge in [-0.2, -0.15) is 5.10 Å². The van der Waals surface area contributed by atoms with Gasteiger partial charge >= 0.3 is 0 Å². The van der Waals surface area contributed by atoms with Gasteiger partial charge in [-0.25, -0.2) is 9.67 Å². The van der Waals surface area contributed by atoms with E-state index in [4.69, 9.17) is 0 Å². The minimum absolute atomic E-state index is 0.0669. The fourth-order valence-corrected chi connectivity index (χ4v) is 4.10. The van der Waals surface area contributed by atoms with Crippen LogP contribution in [0.2, 0.25) is 0 Å². The molecule has 136 valence electrons. The smallest absolute Gasteiger partial charge is 0.275 e. The van der Waals surface area contributed by atoms with Crippen molar-refractivity contribution in [1.29, 1.82) is 0 Å². The molecule has 2 amide bonds. The normalized spacial score (nSPS) is 21.5. The second-order valence-corrected chi connectivity index (χ2v) is 7.21. The number of carbonyl (C=O) groups excluding carboxylic acids is 2. The number of pyridine rings is 1. The Labute approximate surface area is 156 Å². The van der Waals surface area contributed by atoms with Crippen molar-refractivity contribution in [3.8, 4) is 0 Å². The summed E-state index contributed by atoms with van der Waals surface area (Å²) in [6, 6.07) is 13.8. The van der Waals surface area contributed by atoms with E-state index in [-0.39, 0.29) is 23.8 Å². The van der Waals surface area contributed by atoms with Gasteiger partial charge in [-0.1, -0.05) is 30.3 Å². The zero-order chi connectivity index (χ0) is 18.4. The maximum absolute atomic E-state index is 13.1. The quantitative estimate of drug-likeness (QED) is 0.766. The van der Waals surface area contributed by atoms with Crippen LogP contribution in [-0.2, 0) is 11.3 Å². The Bertz CT molecular complexity index is 1010. The first-order chi connectivity index (χ1) is 13.2. The standard InChI is InChI=1S/C20H19N5O2/c26-17-9-14-11-24(12-16(14)22-17)20(27)18-15-7-4-8-21-19(15)25(23-18)10-13-5-2-1-3-6-13/h1-8,14,16H,9-12H2,(H,22,26)/t14-,16+/m0/s1. The topological polar surface area (TPSA) is 80.1 Å². The number of nitrogens with one attached hydrogen (secondary N) is 1. The van der Waals surface area contributed by atoms with Gasteiger partial charge in [0, 0.05) is 31.6 Å². The van der Waals surface area contributed by atoms with Gasteiger partial charge in [0.1, 0.15) is 0 Å². The second-order valence-electron chi connectivity index (χ2n) is 7.21. The van der Waals surface area contributed by atoms with Gasteiger partial charge in [0.15, 0.2) is 11.3 Å². The predicted octanol–water partition coefficient (Wildman–Crippen LogP) is 1.44. The Hall–Kier alpha value is -3.22. The minimum Gasteiger partial charge on any atom is -0.351 e. The number of rotatable bonds is 3. The molecule has 2 fully saturated rings. The maximum atomic E-state index is 13.1. The number of hydrogen-bond acceptors (Lipinski definition) is 4. The molecule has 3 aromatic rings. The third-order valence-electron chi connectivity index (χ3n) is 5.41. The summed E-state index contributed by atoms with van der Waals surface area (Å²) in [6.07, 6.45) is 2.22. The van der Waals surface area contributed by atoms with Crippen LogP contribution < -0.4 is 5.32 Å². The van der Waals surface area contributed by atoms with Crippen molar-refractivity contribution in [2.24, 2.45) is 5.92 Å². The number of nitrogens with zero attached hydrogens (tertiary/aromatic N) is 4. The summed E-state index contributed by atoms with van der Waals surface area (Å²) in [7, 11) is 0. The minimum atomic E-state index is -0.0940. The highest BCUT2D eigenvalue weighted by Gasteiger charge is 2.42. The highest BCUT2D eigenvalue weighted by molar-refractivity contribution is 6.04. The first-order valence-electron chi connectivity index (χ1n) is 9.13. The molecule has 0 saturated carbocycles. The first kappa shape index (κ1) is 16.0. The first-order valence-corrected chi connectivity index (χ1v) is 9.13. The van der Waals surface area contributed by atoms with Gasteiger partial charge in [0.05, 0.1) is 18.0 Å². The molecule has 5 rings (SSSR count). The molecule has 0 radical (unpaired) electrons. The Balaban J connectivity index is 1.47. The molecular weight excluding hydrogens is 342 g/mol. The Morgan fingerprint density at radius 3 is 2.81 bits per heavy atom. The molecule has 2 saturated heterocycles. The number of hydrogen-bond donors (Lipinski definition) is 1. The Morgan fingerprint density at radius 2 is 2.00 bits per heavy atom. The lowest BCUT2D eigenvalue weighted by Crippen LogP contribution is -2.35. The van der Waals surface area contributed by atoms with Crippen molar-refractivity contribution in [3.05, 3.63) is 59.9 Å². The van der Waals surface area contributed by atoms with Crippen molar-refractivity contribution in [1.82, 2.24) is 25.0 Å². The van der Waals surface area contributed by atoms with Gasteiger partial charge in [-0.3, -0.25) is 9.59 Å². The number of benzene rings is 1. The van der Waals surface area contributed by atoms with E-state index >= 15 is 0 Å². The fraction of sp³-hybridized carbons (Fsp3) is 0.300. The lowest BCUT2D eigenvalue weighted by atomic mass is 10.1. The van der Waals surface area contributed by atoms with E-state index in [1.165, 1.54) is 0 Å². The number of amides is 2. The summed E-state index contributed by atoms with van der Waals surface area (Å²) in [4.78, 5) is 30.9. The summed E-state index contributed by atoms with van der Waals surface area (Å²) in [5.74, 6) is 0.194. The van der Waals surface area contributed by atoms with E-state index in [1.807, 2.05) is 42.5 Å². The average molecular weight is 361 g/mol. The van der Waals surface area contributed by atoms with Crippen LogP contribution in [0.3, 0.4) is 0 Å². The third-order valence-corrected chi connectivity index (χ3v) is 5.41. The van der Waals surface area contributed by atoms with E-state index in [2.05, 4.69) is 15.4 Å². The average Bonchev–Trinajstić information content (AvgIpc) is 3.34. The zero-order valence-corrected chi connectivity index (χ0v) is 14.7. The van der Waals surface area contributed by atoms with Crippen LogP contribution in [-0.4, -0.2) is 50.6 Å². The molecule has 2 atom stereocenters. The largest absolute Gasteiger partial charge is 0.351 e. The molecule has 1 aromatic carbocycles. The van der Waals surface area contributed by atoms with E-state index < -0.39 is 0 Å². The van der Waals surface area contributed by atoms with Gasteiger partial charge in [-0.15, -0.1) is 0 Å². The molecule has 1 N–H and O–H groups in total. The van der Waals surface area contributed by atoms with Crippen molar-refractivity contribution < 1.29 is 9.59 Å². The van der Waals surface area contributed by atoms with Crippen LogP contribution in [0.1, 0.15) is 22.5 Å². The lowest BCUT2D eigenvalue weighted by Gasteiger charge is -2.16. The van der Waals surface area contributed by atoms with Crippen molar-refractivity contribution in [3.63, 3.8) is 0 Å². The molecule has 4 heterocycles. The number of carbonyl (C=O) groups is 2. The molecule has 7 nitrogen and oxygen atoms in total. The Kier molecular flexibility index (Phi) is 3.67. The maximum Gasteiger partial charge on any atom is 0.275 e. The number of fused-ring (bicyclic) bond motifs is 2. The van der Waals surface area contributed by atoms with Crippen molar-refractivity contribution in [2.45, 2.75) is 19.0 Å². The molecule has 0 aliphatic carbocycles. The summed E-state index contributed by atoms with van der Waals surface area (Å²) < 4.78 is 1.79. The molecule has 2 aromatic heterocycles. The van der Waals surface area contributed by atoms with Crippen LogP contribution >= 0.6 is 0 Å². The number of likely N-dealkylation sites (tertiary alicyclic amines) is 1. The van der Waals surface area contributed by atoms with Gasteiger partial charge < -0.3 is 10.2 Å². The van der Waals surface area contributed by atoms with Gasteiger partial charge in [0.2, 0.25) is 5.91 Å². The van der Waals surface area contributed by atoms with E-state index in [9.17, 15) is 9.59 Å². The predicted molar refractivity (Wildman–Crippen MR) is 99.0 cm³/mol. The number of aromatic nitrogens is 3. The van der Waals surface area contributed by atoms with Crippen LogP contribution in [0.15, 0.2) is 48.7 Å². The zero-order valence-electron chi connectivity index (χ0n) is 14.7. The third kappa shape index (κ3) is 2.75. The van der Waals surface area contributed by atoms with Crippen molar-refractivity contribution >= 4 is 22.8 Å². The van der Waals surface area contributed by atoms with Crippen LogP contribution in [0.4, 0.5) is 0 Å². The summed E-state index contributed by atoms with van der Waals surface area (Å²) in [5, 5.41) is 8.33. The molecule has 2 aliphatic heterocycles. The monoisotopic (exact) mass is 361 g/mol. The highest BCUT2D eigenvalue weighted by Crippen LogP contribution is 2.28. The molecule has 2 aliphatic rings. The summed E-state index contributed by atoms with van der Waals surface area (Å²) in [5.41, 5.74) is 2.24. The molecule has 27 heavy (non-hydrogen) atoms. The van der Waals surface area contributed by atoms with Crippen molar-refractivity contribution in [2.75, 3.05) is 13.1 Å². The molecular formula is C20H19N5O2. The highest BCUT2D eigenvalue weighted by atomic mass is 16.2. The molecule has 0 bridgehead atoms. The molecule has 7 heteroatoms. The van der Waals surface area contributed by atoms with E-state index in [1.54, 1.807) is 15.8 Å². The fourth-order valence-electron chi connectivity index (χ4n) is 4.10. The Morgan fingerprint density at radius 1 is 1.15 bits per heavy atom. The van der Waals surface area contributed by atoms with Crippen LogP contribution in [0, 0.1) is 5.92 Å². The SMILES string of the molecule is O=C1C[C@H]2CN(C(=O)c3nn(Cc4ccccc4)c4ncccc34)C[C@H]2N1. The van der Waals surface area contributed by atoms with E-state index in [0.29, 0.717) is 37.4 Å². The molecule has 0 unspecified atom stereocenters. The van der Waals surface area contributed by atoms with Gasteiger partial charge in [-0.05, 0) is 17.7 Å². The summed E-state index contributed by atoms with van der Waals surface area (Å²) in [6.45, 7) is 1.70. The summed E-state index contributed by atoms with van der Waals surface area (Å²) >= 11 is 0. The lowest BCUT2D eigenvalue weighted by molar-refractivity contribution is -0.119. The van der Waals surface area contributed by atoms with Crippen LogP contribution in [0.25, 0.3) is 11.0 Å². The molecule has 0 spiro atoms. The van der Waals surface area contributed by atoms with Gasteiger partial charge in [0.25, 0.3) is 5.91 Å². The second kappa shape index (κ2) is 6.19. The van der Waals surface area contributed by atoms with Crippen LogP contribution in [0.5, 0.6) is 0 Å². The van der Waals surface area contributed by atoms with E-state index in [0.717, 1.165) is 10.9 Å².